The summed E-state index contributed by atoms with van der Waals surface area (Å²) < 4.78 is 5.12. The van der Waals surface area contributed by atoms with E-state index in [0.717, 1.165) is 10.6 Å². The number of nitrogen functional groups attached to an aromatic ring is 1. The molecule has 1 rings (SSSR count). The summed E-state index contributed by atoms with van der Waals surface area (Å²) in [4.78, 5) is 12.1. The van der Waals surface area contributed by atoms with E-state index in [1.54, 1.807) is 19.2 Å². The van der Waals surface area contributed by atoms with E-state index in [2.05, 4.69) is 5.43 Å². The molecule has 0 aliphatic rings. The molecule has 0 fully saturated rings. The molecule has 1 amide bonds. The molecule has 94 valence electrons. The van der Waals surface area contributed by atoms with Crippen LogP contribution in [-0.4, -0.2) is 18.8 Å². The molecular weight excluding hydrogens is 238 g/mol. The summed E-state index contributed by atoms with van der Waals surface area (Å²) in [5.74, 6) is 6.07. The van der Waals surface area contributed by atoms with E-state index in [4.69, 9.17) is 16.3 Å². The molecule has 0 saturated heterocycles. The van der Waals surface area contributed by atoms with Crippen LogP contribution >= 0.6 is 11.8 Å². The van der Waals surface area contributed by atoms with Crippen LogP contribution in [0, 0.1) is 5.92 Å². The molecule has 1 aromatic carbocycles. The molecule has 0 radical (unpaired) electrons. The number of rotatable bonds is 5. The van der Waals surface area contributed by atoms with Crippen molar-refractivity contribution in [3.63, 3.8) is 0 Å². The van der Waals surface area contributed by atoms with E-state index in [-0.39, 0.29) is 11.8 Å². The van der Waals surface area contributed by atoms with Gasteiger partial charge in [0.25, 0.3) is 0 Å². The second kappa shape index (κ2) is 6.36. The van der Waals surface area contributed by atoms with Crippen molar-refractivity contribution in [1.82, 2.24) is 5.43 Å². The predicted molar refractivity (Wildman–Crippen MR) is 69.6 cm³/mol. The molecule has 17 heavy (non-hydrogen) atoms. The van der Waals surface area contributed by atoms with Crippen molar-refractivity contribution >= 4 is 23.4 Å². The topological polar surface area (TPSA) is 90.4 Å². The largest absolute Gasteiger partial charge is 0.497 e. The van der Waals surface area contributed by atoms with Crippen LogP contribution in [0.4, 0.5) is 5.69 Å². The number of methoxy groups -OCH3 is 1. The van der Waals surface area contributed by atoms with Crippen LogP contribution < -0.4 is 21.7 Å². The molecule has 0 heterocycles. The Balaban J connectivity index is 2.65. The summed E-state index contributed by atoms with van der Waals surface area (Å²) in [7, 11) is 1.60. The number of thioether (sulfide) groups is 1. The van der Waals surface area contributed by atoms with Gasteiger partial charge in [-0.05, 0) is 18.2 Å². The van der Waals surface area contributed by atoms with E-state index in [9.17, 15) is 4.79 Å². The van der Waals surface area contributed by atoms with Gasteiger partial charge in [-0.1, -0.05) is 6.92 Å². The second-order valence-electron chi connectivity index (χ2n) is 3.62. The summed E-state index contributed by atoms with van der Waals surface area (Å²) in [6.45, 7) is 1.81. The molecule has 0 bridgehead atoms. The second-order valence-corrected chi connectivity index (χ2v) is 4.69. The van der Waals surface area contributed by atoms with Gasteiger partial charge >= 0.3 is 0 Å². The number of ether oxygens (including phenoxy) is 1. The number of carbonyl (C=O) groups is 1. The van der Waals surface area contributed by atoms with Crippen LogP contribution in [0.2, 0.25) is 0 Å². The zero-order valence-electron chi connectivity index (χ0n) is 9.90. The molecule has 5 N–H and O–H groups in total. The summed E-state index contributed by atoms with van der Waals surface area (Å²) in [5.41, 5.74) is 8.64. The van der Waals surface area contributed by atoms with Crippen LogP contribution in [0.5, 0.6) is 5.75 Å². The minimum absolute atomic E-state index is 0.171. The first kappa shape index (κ1) is 13.7. The zero-order valence-corrected chi connectivity index (χ0v) is 10.7. The molecule has 0 aliphatic heterocycles. The highest BCUT2D eigenvalue weighted by atomic mass is 32.2. The number of hydrogen-bond donors (Lipinski definition) is 3. The maximum Gasteiger partial charge on any atom is 0.237 e. The molecule has 0 aromatic heterocycles. The Morgan fingerprint density at radius 1 is 1.59 bits per heavy atom. The molecule has 5 nitrogen and oxygen atoms in total. The minimum Gasteiger partial charge on any atom is -0.497 e. The van der Waals surface area contributed by atoms with E-state index in [1.165, 1.54) is 11.8 Å². The monoisotopic (exact) mass is 255 g/mol. The third-order valence-electron chi connectivity index (χ3n) is 2.30. The van der Waals surface area contributed by atoms with Gasteiger partial charge in [-0.2, -0.15) is 0 Å². The Labute approximate surface area is 105 Å². The molecular formula is C11H17N3O2S. The van der Waals surface area contributed by atoms with Gasteiger partial charge in [0.1, 0.15) is 5.75 Å². The Morgan fingerprint density at radius 2 is 2.29 bits per heavy atom. The van der Waals surface area contributed by atoms with Crippen LogP contribution in [0.1, 0.15) is 6.92 Å². The Morgan fingerprint density at radius 3 is 2.88 bits per heavy atom. The smallest absolute Gasteiger partial charge is 0.237 e. The van der Waals surface area contributed by atoms with Gasteiger partial charge in [0.05, 0.1) is 7.11 Å². The SMILES string of the molecule is COc1ccc(N)c(SCC(C)C(=O)NN)c1. The summed E-state index contributed by atoms with van der Waals surface area (Å²) in [5, 5.41) is 0. The first-order valence-electron chi connectivity index (χ1n) is 5.15. The van der Waals surface area contributed by atoms with Gasteiger partial charge in [0, 0.05) is 22.3 Å². The molecule has 1 unspecified atom stereocenters. The van der Waals surface area contributed by atoms with E-state index >= 15 is 0 Å². The average Bonchev–Trinajstić information content (AvgIpc) is 2.36. The van der Waals surface area contributed by atoms with Gasteiger partial charge in [-0.15, -0.1) is 11.8 Å². The summed E-state index contributed by atoms with van der Waals surface area (Å²) in [6, 6.07) is 5.44. The van der Waals surface area contributed by atoms with Gasteiger partial charge in [-0.25, -0.2) is 5.84 Å². The fourth-order valence-corrected chi connectivity index (χ4v) is 2.21. The molecule has 0 aliphatic carbocycles. The molecule has 6 heteroatoms. The molecule has 0 saturated carbocycles. The number of carbonyl (C=O) groups excluding carboxylic acids is 1. The lowest BCUT2D eigenvalue weighted by Crippen LogP contribution is -2.35. The third-order valence-corrected chi connectivity index (χ3v) is 3.63. The summed E-state index contributed by atoms with van der Waals surface area (Å²) >= 11 is 1.51. The number of amides is 1. The van der Waals surface area contributed by atoms with Gasteiger partial charge in [-0.3, -0.25) is 10.2 Å². The van der Waals surface area contributed by atoms with Crippen molar-refractivity contribution in [2.45, 2.75) is 11.8 Å². The van der Waals surface area contributed by atoms with Crippen molar-refractivity contribution in [3.8, 4) is 5.75 Å². The van der Waals surface area contributed by atoms with Crippen molar-refractivity contribution in [3.05, 3.63) is 18.2 Å². The lowest BCUT2D eigenvalue weighted by Gasteiger charge is -2.11. The van der Waals surface area contributed by atoms with Crippen molar-refractivity contribution in [1.29, 1.82) is 0 Å². The highest BCUT2D eigenvalue weighted by molar-refractivity contribution is 7.99. The van der Waals surface area contributed by atoms with E-state index in [1.807, 2.05) is 13.0 Å². The summed E-state index contributed by atoms with van der Waals surface area (Å²) in [6.07, 6.45) is 0. The van der Waals surface area contributed by atoms with Crippen LogP contribution in [-0.2, 0) is 4.79 Å². The minimum atomic E-state index is -0.182. The highest BCUT2D eigenvalue weighted by Gasteiger charge is 2.12. The Bertz CT molecular complexity index is 398. The standard InChI is InChI=1S/C11H17N3O2S/c1-7(11(15)14-13)6-17-10-5-8(16-2)3-4-9(10)12/h3-5,7H,6,12-13H2,1-2H3,(H,14,15). The van der Waals surface area contributed by atoms with E-state index < -0.39 is 0 Å². The quantitative estimate of drug-likeness (QED) is 0.240. The zero-order chi connectivity index (χ0) is 12.8. The normalized spacial score (nSPS) is 11.9. The van der Waals surface area contributed by atoms with Crippen LogP contribution in [0.3, 0.4) is 0 Å². The number of anilines is 1. The number of benzene rings is 1. The van der Waals surface area contributed by atoms with Gasteiger partial charge < -0.3 is 10.5 Å². The number of nitrogens with two attached hydrogens (primary N) is 2. The van der Waals surface area contributed by atoms with Crippen molar-refractivity contribution in [2.75, 3.05) is 18.6 Å². The number of nitrogens with one attached hydrogen (secondary N) is 1. The average molecular weight is 255 g/mol. The molecule has 0 spiro atoms. The number of hydrazine groups is 1. The van der Waals surface area contributed by atoms with Crippen molar-refractivity contribution in [2.24, 2.45) is 11.8 Å². The fraction of sp³-hybridized carbons (Fsp3) is 0.364. The van der Waals surface area contributed by atoms with Crippen LogP contribution in [0.15, 0.2) is 23.1 Å². The first-order chi connectivity index (χ1) is 8.08. The maximum atomic E-state index is 11.2. The Hall–Kier alpha value is -1.40. The number of hydrogen-bond acceptors (Lipinski definition) is 5. The first-order valence-corrected chi connectivity index (χ1v) is 6.13. The van der Waals surface area contributed by atoms with Gasteiger partial charge in [0.15, 0.2) is 0 Å². The Kier molecular flexibility index (Phi) is 5.11. The molecule has 1 atom stereocenters. The maximum absolute atomic E-state index is 11.2. The molecule has 1 aromatic rings. The third kappa shape index (κ3) is 3.83. The van der Waals surface area contributed by atoms with Crippen molar-refractivity contribution < 1.29 is 9.53 Å². The lowest BCUT2D eigenvalue weighted by molar-refractivity contribution is -0.123. The van der Waals surface area contributed by atoms with Crippen LogP contribution in [0.25, 0.3) is 0 Å². The fourth-order valence-electron chi connectivity index (χ4n) is 1.20. The van der Waals surface area contributed by atoms with Gasteiger partial charge in [0.2, 0.25) is 5.91 Å². The predicted octanol–water partition coefficient (Wildman–Crippen LogP) is 0.995. The van der Waals surface area contributed by atoms with E-state index in [0.29, 0.717) is 11.4 Å². The highest BCUT2D eigenvalue weighted by Crippen LogP contribution is 2.30. The lowest BCUT2D eigenvalue weighted by atomic mass is 10.2.